The van der Waals surface area contributed by atoms with E-state index in [0.29, 0.717) is 36.9 Å². The van der Waals surface area contributed by atoms with Gasteiger partial charge in [0.05, 0.1) is 12.6 Å². The first-order chi connectivity index (χ1) is 18.0. The van der Waals surface area contributed by atoms with Crippen molar-refractivity contribution in [1.82, 2.24) is 19.6 Å². The lowest BCUT2D eigenvalue weighted by Gasteiger charge is -2.37. The second kappa shape index (κ2) is 10.4. The molecular formula is C26H31ClF3N5O3. The fraction of sp³-hybridized carbons (Fsp3) is 0.577. The van der Waals surface area contributed by atoms with Gasteiger partial charge in [0.1, 0.15) is 12.7 Å². The number of hydrogen-bond donors (Lipinski definition) is 1. The second-order valence-electron chi connectivity index (χ2n) is 10.3. The Morgan fingerprint density at radius 2 is 1.89 bits per heavy atom. The predicted octanol–water partition coefficient (Wildman–Crippen LogP) is 2.86. The number of alkyl halides is 3. The molecule has 2 saturated heterocycles. The van der Waals surface area contributed by atoms with Crippen molar-refractivity contribution in [3.8, 4) is 0 Å². The van der Waals surface area contributed by atoms with Crippen LogP contribution in [0.5, 0.6) is 0 Å². The van der Waals surface area contributed by atoms with E-state index in [9.17, 15) is 27.9 Å². The fourth-order valence-corrected chi connectivity index (χ4v) is 5.71. The molecule has 0 bridgehead atoms. The van der Waals surface area contributed by atoms with Gasteiger partial charge in [0.2, 0.25) is 5.91 Å². The number of amides is 2. The molecule has 1 aromatic carbocycles. The molecule has 2 aliphatic heterocycles. The van der Waals surface area contributed by atoms with Gasteiger partial charge in [0.25, 0.3) is 11.8 Å². The SMILES string of the molecule is Cc1c(Cl)cccc1N1CCN(C(=O)Cn2nc(C(=O)N3CC[C@H](O)[C@H](F)C3)c3c2CCC(F)(F)C3)CC1. The standard InChI is InChI=1S/C26H31ClF3N5O3/c1-16-18(27)3-2-4-20(16)32-9-11-33(12-10-32)23(37)15-35-21-5-7-26(29,30)13-17(21)24(31-35)25(38)34-8-6-22(36)19(28)14-34/h2-4,19,22,36H,5-15H2,1H3/t19-,22+/m1/s1. The zero-order valence-electron chi connectivity index (χ0n) is 21.2. The minimum Gasteiger partial charge on any atom is -0.390 e. The summed E-state index contributed by atoms with van der Waals surface area (Å²) in [6.07, 6.45) is -3.76. The Morgan fingerprint density at radius 1 is 1.16 bits per heavy atom. The Balaban J connectivity index is 1.31. The summed E-state index contributed by atoms with van der Waals surface area (Å²) in [4.78, 5) is 31.5. The van der Waals surface area contributed by atoms with Crippen molar-refractivity contribution in [2.45, 2.75) is 57.3 Å². The number of carbonyl (C=O) groups is 2. The van der Waals surface area contributed by atoms with E-state index < -0.39 is 36.9 Å². The molecule has 1 N–H and O–H groups in total. The van der Waals surface area contributed by atoms with Crippen molar-refractivity contribution in [3.63, 3.8) is 0 Å². The number of nitrogens with zero attached hydrogens (tertiary/aromatic N) is 5. The average Bonchev–Trinajstić information content (AvgIpc) is 3.23. The number of fused-ring (bicyclic) bond motifs is 1. The van der Waals surface area contributed by atoms with Crippen LogP contribution >= 0.6 is 11.6 Å². The van der Waals surface area contributed by atoms with Crippen LogP contribution in [0.15, 0.2) is 18.2 Å². The molecule has 1 aromatic heterocycles. The molecule has 12 heteroatoms. The summed E-state index contributed by atoms with van der Waals surface area (Å²) in [5.41, 5.74) is 2.43. The van der Waals surface area contributed by atoms with Crippen LogP contribution in [0.25, 0.3) is 0 Å². The topological polar surface area (TPSA) is 81.9 Å². The van der Waals surface area contributed by atoms with E-state index in [1.165, 1.54) is 9.58 Å². The summed E-state index contributed by atoms with van der Waals surface area (Å²) >= 11 is 6.26. The Kier molecular flexibility index (Phi) is 7.34. The van der Waals surface area contributed by atoms with Crippen LogP contribution in [-0.2, 0) is 24.2 Å². The molecule has 2 fully saturated rings. The van der Waals surface area contributed by atoms with Gasteiger partial charge in [0, 0.05) is 67.5 Å². The monoisotopic (exact) mass is 553 g/mol. The molecule has 5 rings (SSSR count). The maximum Gasteiger partial charge on any atom is 0.274 e. The van der Waals surface area contributed by atoms with E-state index in [1.54, 1.807) is 4.90 Å². The number of hydrogen-bond acceptors (Lipinski definition) is 5. The number of halogens is 4. The van der Waals surface area contributed by atoms with E-state index in [4.69, 9.17) is 11.6 Å². The van der Waals surface area contributed by atoms with Crippen molar-refractivity contribution in [2.24, 2.45) is 0 Å². The van der Waals surface area contributed by atoms with Crippen molar-refractivity contribution < 1.29 is 27.9 Å². The number of carbonyl (C=O) groups excluding carboxylic acids is 2. The number of aliphatic hydroxyl groups is 1. The molecule has 0 radical (unpaired) electrons. The average molecular weight is 554 g/mol. The van der Waals surface area contributed by atoms with Gasteiger partial charge in [-0.1, -0.05) is 17.7 Å². The highest BCUT2D eigenvalue weighted by Gasteiger charge is 2.41. The van der Waals surface area contributed by atoms with E-state index in [2.05, 4.69) is 10.00 Å². The lowest BCUT2D eigenvalue weighted by molar-refractivity contribution is -0.132. The molecule has 38 heavy (non-hydrogen) atoms. The van der Waals surface area contributed by atoms with Crippen LogP contribution in [0.4, 0.5) is 18.9 Å². The third kappa shape index (κ3) is 5.22. The lowest BCUT2D eigenvalue weighted by atomic mass is 9.92. The maximum absolute atomic E-state index is 14.3. The molecule has 2 atom stereocenters. The number of benzene rings is 1. The first kappa shape index (κ1) is 26.8. The van der Waals surface area contributed by atoms with Gasteiger partial charge in [-0.05, 0) is 37.5 Å². The molecule has 206 valence electrons. The highest BCUT2D eigenvalue weighted by Crippen LogP contribution is 2.35. The molecule has 2 aromatic rings. The number of piperidine rings is 1. The quantitative estimate of drug-likeness (QED) is 0.630. The van der Waals surface area contributed by atoms with Crippen LogP contribution < -0.4 is 4.90 Å². The van der Waals surface area contributed by atoms with Gasteiger partial charge >= 0.3 is 0 Å². The summed E-state index contributed by atoms with van der Waals surface area (Å²) in [5.74, 6) is -3.85. The van der Waals surface area contributed by atoms with Crippen LogP contribution in [0, 0.1) is 6.92 Å². The Labute approximate surface area is 223 Å². The van der Waals surface area contributed by atoms with Gasteiger partial charge in [-0.15, -0.1) is 0 Å². The molecule has 0 saturated carbocycles. The van der Waals surface area contributed by atoms with Crippen molar-refractivity contribution in [2.75, 3.05) is 44.2 Å². The number of piperazine rings is 1. The van der Waals surface area contributed by atoms with Crippen LogP contribution in [-0.4, -0.2) is 94.0 Å². The molecule has 3 aliphatic rings. The number of rotatable bonds is 4. The number of likely N-dealkylation sites (tertiary alicyclic amines) is 1. The molecule has 8 nitrogen and oxygen atoms in total. The summed E-state index contributed by atoms with van der Waals surface area (Å²) in [7, 11) is 0. The predicted molar refractivity (Wildman–Crippen MR) is 136 cm³/mol. The summed E-state index contributed by atoms with van der Waals surface area (Å²) < 4.78 is 44.1. The first-order valence-electron chi connectivity index (χ1n) is 12.9. The van der Waals surface area contributed by atoms with Crippen molar-refractivity contribution in [3.05, 3.63) is 45.7 Å². The van der Waals surface area contributed by atoms with E-state index in [0.717, 1.165) is 11.3 Å². The van der Waals surface area contributed by atoms with Gasteiger partial charge in [0.15, 0.2) is 5.69 Å². The summed E-state index contributed by atoms with van der Waals surface area (Å²) in [6, 6.07) is 5.73. The van der Waals surface area contributed by atoms with Gasteiger partial charge in [-0.2, -0.15) is 5.10 Å². The van der Waals surface area contributed by atoms with Crippen LogP contribution in [0.2, 0.25) is 5.02 Å². The summed E-state index contributed by atoms with van der Waals surface area (Å²) in [5, 5.41) is 14.7. The Bertz CT molecular complexity index is 1230. The molecule has 0 spiro atoms. The third-order valence-electron chi connectivity index (χ3n) is 7.82. The Morgan fingerprint density at radius 3 is 2.61 bits per heavy atom. The second-order valence-corrected chi connectivity index (χ2v) is 10.7. The smallest absolute Gasteiger partial charge is 0.274 e. The zero-order valence-corrected chi connectivity index (χ0v) is 21.9. The van der Waals surface area contributed by atoms with Gasteiger partial charge < -0.3 is 19.8 Å². The highest BCUT2D eigenvalue weighted by atomic mass is 35.5. The molecular weight excluding hydrogens is 523 g/mol. The largest absolute Gasteiger partial charge is 0.390 e. The van der Waals surface area contributed by atoms with Crippen molar-refractivity contribution >= 4 is 29.1 Å². The minimum atomic E-state index is -2.99. The maximum atomic E-state index is 14.3. The normalized spacial score (nSPS) is 23.4. The Hall–Kier alpha value is -2.79. The highest BCUT2D eigenvalue weighted by molar-refractivity contribution is 6.31. The fourth-order valence-electron chi connectivity index (χ4n) is 5.54. The molecule has 2 amide bonds. The van der Waals surface area contributed by atoms with E-state index in [-0.39, 0.29) is 49.6 Å². The van der Waals surface area contributed by atoms with Crippen LogP contribution in [0.1, 0.15) is 40.2 Å². The zero-order chi connectivity index (χ0) is 27.2. The minimum absolute atomic E-state index is 0.0117. The third-order valence-corrected chi connectivity index (χ3v) is 8.23. The first-order valence-corrected chi connectivity index (χ1v) is 13.3. The number of aromatic nitrogens is 2. The number of aliphatic hydroxyl groups excluding tert-OH is 1. The van der Waals surface area contributed by atoms with Gasteiger partial charge in [-0.3, -0.25) is 14.3 Å². The lowest BCUT2D eigenvalue weighted by Crippen LogP contribution is -2.50. The molecule has 1 aliphatic carbocycles. The van der Waals surface area contributed by atoms with Crippen LogP contribution in [0.3, 0.4) is 0 Å². The molecule has 3 heterocycles. The van der Waals surface area contributed by atoms with E-state index in [1.807, 2.05) is 25.1 Å². The van der Waals surface area contributed by atoms with E-state index >= 15 is 0 Å². The van der Waals surface area contributed by atoms with Gasteiger partial charge in [-0.25, -0.2) is 13.2 Å². The van der Waals surface area contributed by atoms with Crippen molar-refractivity contribution in [1.29, 1.82) is 0 Å². The molecule has 0 unspecified atom stereocenters. The summed E-state index contributed by atoms with van der Waals surface area (Å²) in [6.45, 7) is 3.76. The number of anilines is 1.